The van der Waals surface area contributed by atoms with Crippen molar-refractivity contribution in [3.8, 4) is 0 Å². The van der Waals surface area contributed by atoms with Crippen LogP contribution < -0.4 is 0 Å². The van der Waals surface area contributed by atoms with E-state index in [1.54, 1.807) is 0 Å². The Kier molecular flexibility index (Phi) is 18.5. The molecule has 0 saturated heterocycles. The summed E-state index contributed by atoms with van der Waals surface area (Å²) in [6, 6.07) is 0. The lowest BCUT2D eigenvalue weighted by Crippen LogP contribution is -2.45. The first-order valence-corrected chi connectivity index (χ1v) is 13.5. The minimum atomic E-state index is 0.427. The van der Waals surface area contributed by atoms with Crippen LogP contribution in [-0.2, 0) is 0 Å². The second-order valence-electron chi connectivity index (χ2n) is 10.1. The zero-order valence-corrected chi connectivity index (χ0v) is 21.8. The Hall–Kier alpha value is -0.730. The number of unbranched alkanes of at least 4 members (excludes halogenated alkanes) is 9. The highest BCUT2D eigenvalue weighted by molar-refractivity contribution is 5.76. The molecule has 0 radical (unpaired) electrons. The first-order valence-electron chi connectivity index (χ1n) is 13.5. The molecule has 0 aliphatic heterocycles. The van der Waals surface area contributed by atoms with Gasteiger partial charge in [0, 0.05) is 26.2 Å². The van der Waals surface area contributed by atoms with Crippen LogP contribution in [0.2, 0.25) is 0 Å². The molecule has 180 valence electrons. The van der Waals surface area contributed by atoms with E-state index < -0.39 is 0 Å². The number of hydrogen-bond donors (Lipinski definition) is 1. The van der Waals surface area contributed by atoms with Crippen LogP contribution in [0.15, 0.2) is 0 Å². The van der Waals surface area contributed by atoms with Gasteiger partial charge in [-0.25, -0.2) is 0 Å². The van der Waals surface area contributed by atoms with Crippen molar-refractivity contribution in [1.82, 2.24) is 9.80 Å². The molecule has 0 fully saturated rings. The molecule has 0 aliphatic rings. The monoisotopic (exact) mass is 423 g/mol. The van der Waals surface area contributed by atoms with Crippen LogP contribution in [-0.4, -0.2) is 41.9 Å². The minimum absolute atomic E-state index is 0.427. The van der Waals surface area contributed by atoms with E-state index in [0.29, 0.717) is 5.41 Å². The van der Waals surface area contributed by atoms with Crippen LogP contribution in [0.4, 0.5) is 0 Å². The molecule has 0 aromatic carbocycles. The number of rotatable bonds is 20. The molecule has 0 atom stereocenters. The van der Waals surface area contributed by atoms with Gasteiger partial charge >= 0.3 is 0 Å². The van der Waals surface area contributed by atoms with Gasteiger partial charge in [-0.3, -0.25) is 5.41 Å². The fourth-order valence-electron chi connectivity index (χ4n) is 3.96. The van der Waals surface area contributed by atoms with Crippen LogP contribution in [0.1, 0.15) is 138 Å². The third kappa shape index (κ3) is 15.1. The van der Waals surface area contributed by atoms with Gasteiger partial charge < -0.3 is 9.80 Å². The highest BCUT2D eigenvalue weighted by atomic mass is 15.4. The first-order chi connectivity index (χ1) is 14.4. The van der Waals surface area contributed by atoms with E-state index in [-0.39, 0.29) is 0 Å². The molecule has 3 nitrogen and oxygen atoms in total. The third-order valence-corrected chi connectivity index (χ3v) is 6.68. The minimum Gasteiger partial charge on any atom is -0.343 e. The van der Waals surface area contributed by atoms with Gasteiger partial charge in [0.2, 0.25) is 0 Å². The molecule has 0 aromatic heterocycles. The Bertz CT molecular complexity index is 380. The highest BCUT2D eigenvalue weighted by Crippen LogP contribution is 2.26. The SMILES string of the molecule is CCCCCCN(CCCCCC)C(=N)N(CCCCCC)CCCC(C)(C)CC. The summed E-state index contributed by atoms with van der Waals surface area (Å²) in [5, 5.41) is 9.08. The van der Waals surface area contributed by atoms with Crippen LogP contribution in [0, 0.1) is 10.8 Å². The first kappa shape index (κ1) is 29.3. The number of nitrogens with zero attached hydrogens (tertiary/aromatic N) is 2. The summed E-state index contributed by atoms with van der Waals surface area (Å²) in [5.41, 5.74) is 0.427. The lowest BCUT2D eigenvalue weighted by Gasteiger charge is -2.35. The van der Waals surface area contributed by atoms with Gasteiger partial charge in [-0.15, -0.1) is 0 Å². The normalized spacial score (nSPS) is 11.7. The second-order valence-corrected chi connectivity index (χ2v) is 10.1. The van der Waals surface area contributed by atoms with Crippen LogP contribution in [0.3, 0.4) is 0 Å². The van der Waals surface area contributed by atoms with Crippen LogP contribution in [0.5, 0.6) is 0 Å². The van der Waals surface area contributed by atoms with Gasteiger partial charge in [0.25, 0.3) is 0 Å². The maximum Gasteiger partial charge on any atom is 0.193 e. The average Bonchev–Trinajstić information content (AvgIpc) is 2.73. The maximum atomic E-state index is 9.08. The third-order valence-electron chi connectivity index (χ3n) is 6.68. The van der Waals surface area contributed by atoms with Crippen molar-refractivity contribution in [3.05, 3.63) is 0 Å². The summed E-state index contributed by atoms with van der Waals surface area (Å²) in [6.45, 7) is 18.2. The van der Waals surface area contributed by atoms with Gasteiger partial charge in [0.15, 0.2) is 5.96 Å². The Morgan fingerprint density at radius 2 is 0.933 bits per heavy atom. The van der Waals surface area contributed by atoms with Gasteiger partial charge in [-0.05, 0) is 37.5 Å². The van der Waals surface area contributed by atoms with Crippen molar-refractivity contribution in [1.29, 1.82) is 5.41 Å². The molecule has 0 aromatic rings. The predicted molar refractivity (Wildman–Crippen MR) is 137 cm³/mol. The Morgan fingerprint density at radius 1 is 0.567 bits per heavy atom. The van der Waals surface area contributed by atoms with Crippen molar-refractivity contribution in [2.45, 2.75) is 138 Å². The van der Waals surface area contributed by atoms with E-state index >= 15 is 0 Å². The number of guanidine groups is 1. The Balaban J connectivity index is 4.92. The molecule has 1 N–H and O–H groups in total. The van der Waals surface area contributed by atoms with E-state index in [1.165, 1.54) is 96.3 Å². The highest BCUT2D eigenvalue weighted by Gasteiger charge is 2.19. The summed E-state index contributed by atoms with van der Waals surface area (Å²) < 4.78 is 0. The van der Waals surface area contributed by atoms with Gasteiger partial charge in [0.05, 0.1) is 0 Å². The standard InChI is InChI=1S/C27H57N3/c1-7-11-14-17-22-29(23-18-15-12-8-2)26(28)30(24-19-16-13-9-3)25-20-21-27(5,6)10-4/h28H,7-25H2,1-6H3. The lowest BCUT2D eigenvalue weighted by molar-refractivity contribution is 0.262. The van der Waals surface area contributed by atoms with Gasteiger partial charge in [-0.2, -0.15) is 0 Å². The summed E-state index contributed by atoms with van der Waals surface area (Å²) in [6.07, 6.45) is 19.1. The largest absolute Gasteiger partial charge is 0.343 e. The van der Waals surface area contributed by atoms with Crippen molar-refractivity contribution < 1.29 is 0 Å². The molecule has 0 heterocycles. The Labute approximate surface area is 190 Å². The van der Waals surface area contributed by atoms with Crippen molar-refractivity contribution in [2.75, 3.05) is 26.2 Å². The average molecular weight is 424 g/mol. The molecule has 30 heavy (non-hydrogen) atoms. The molecular weight excluding hydrogens is 366 g/mol. The zero-order chi connectivity index (χ0) is 22.7. The molecule has 3 heteroatoms. The summed E-state index contributed by atoms with van der Waals surface area (Å²) in [5.74, 6) is 0.814. The number of hydrogen-bond acceptors (Lipinski definition) is 1. The van der Waals surface area contributed by atoms with E-state index in [2.05, 4.69) is 51.3 Å². The molecular formula is C27H57N3. The summed E-state index contributed by atoms with van der Waals surface area (Å²) in [7, 11) is 0. The zero-order valence-electron chi connectivity index (χ0n) is 21.8. The summed E-state index contributed by atoms with van der Waals surface area (Å²) >= 11 is 0. The van der Waals surface area contributed by atoms with Crippen molar-refractivity contribution in [3.63, 3.8) is 0 Å². The van der Waals surface area contributed by atoms with E-state index in [1.807, 2.05) is 0 Å². The molecule has 0 saturated carbocycles. The summed E-state index contributed by atoms with van der Waals surface area (Å²) in [4.78, 5) is 4.83. The molecule has 0 aliphatic carbocycles. The van der Waals surface area contributed by atoms with Crippen LogP contribution in [0.25, 0.3) is 0 Å². The molecule has 0 spiro atoms. The second kappa shape index (κ2) is 19.0. The number of nitrogens with one attached hydrogen (secondary N) is 1. The predicted octanol–water partition coefficient (Wildman–Crippen LogP) is 8.48. The van der Waals surface area contributed by atoms with Crippen molar-refractivity contribution >= 4 is 5.96 Å². The lowest BCUT2D eigenvalue weighted by atomic mass is 9.85. The van der Waals surface area contributed by atoms with E-state index in [0.717, 1.165) is 32.1 Å². The van der Waals surface area contributed by atoms with Crippen molar-refractivity contribution in [2.24, 2.45) is 5.41 Å². The fraction of sp³-hybridized carbons (Fsp3) is 0.963. The molecule has 0 bridgehead atoms. The fourth-order valence-corrected chi connectivity index (χ4v) is 3.96. The smallest absolute Gasteiger partial charge is 0.193 e. The molecule has 0 amide bonds. The topological polar surface area (TPSA) is 30.3 Å². The van der Waals surface area contributed by atoms with Gasteiger partial charge in [0.1, 0.15) is 0 Å². The molecule has 0 rings (SSSR count). The van der Waals surface area contributed by atoms with E-state index in [4.69, 9.17) is 5.41 Å². The van der Waals surface area contributed by atoms with Gasteiger partial charge in [-0.1, -0.05) is 106 Å². The van der Waals surface area contributed by atoms with Crippen LogP contribution >= 0.6 is 0 Å². The Morgan fingerprint density at radius 3 is 1.27 bits per heavy atom. The quantitative estimate of drug-likeness (QED) is 0.121. The maximum absolute atomic E-state index is 9.08. The van der Waals surface area contributed by atoms with E-state index in [9.17, 15) is 0 Å². The molecule has 0 unspecified atom stereocenters.